The SMILES string of the molecule is CC(CN(C)C(=O)C(F)(F)c1ccccc1)C(=O)O. The van der Waals surface area contributed by atoms with E-state index < -0.39 is 29.3 Å². The Kier molecular flexibility index (Phi) is 4.58. The van der Waals surface area contributed by atoms with E-state index >= 15 is 0 Å². The summed E-state index contributed by atoms with van der Waals surface area (Å²) >= 11 is 0. The Bertz CT molecular complexity index is 462. The van der Waals surface area contributed by atoms with Crippen LogP contribution in [0, 0.1) is 5.92 Å². The average molecular weight is 271 g/mol. The number of carboxylic acid groups (broad SMARTS) is 1. The van der Waals surface area contributed by atoms with E-state index in [4.69, 9.17) is 5.11 Å². The topological polar surface area (TPSA) is 57.6 Å². The van der Waals surface area contributed by atoms with Gasteiger partial charge in [-0.15, -0.1) is 0 Å². The first-order valence-corrected chi connectivity index (χ1v) is 5.68. The van der Waals surface area contributed by atoms with Crippen molar-refractivity contribution in [1.29, 1.82) is 0 Å². The number of rotatable bonds is 5. The molecule has 104 valence electrons. The van der Waals surface area contributed by atoms with E-state index in [0.29, 0.717) is 0 Å². The number of benzene rings is 1. The van der Waals surface area contributed by atoms with Crippen molar-refractivity contribution in [2.75, 3.05) is 13.6 Å². The maximum atomic E-state index is 13.9. The minimum atomic E-state index is -3.66. The smallest absolute Gasteiger partial charge is 0.349 e. The molecule has 0 aliphatic rings. The first-order valence-electron chi connectivity index (χ1n) is 5.68. The predicted octanol–water partition coefficient (Wildman–Crippen LogP) is 1.96. The van der Waals surface area contributed by atoms with Crippen molar-refractivity contribution < 1.29 is 23.5 Å². The molecule has 0 saturated carbocycles. The van der Waals surface area contributed by atoms with Crippen LogP contribution in [0.3, 0.4) is 0 Å². The van der Waals surface area contributed by atoms with Crippen LogP contribution in [0.2, 0.25) is 0 Å². The van der Waals surface area contributed by atoms with E-state index in [2.05, 4.69) is 0 Å². The number of amides is 1. The quantitative estimate of drug-likeness (QED) is 0.890. The highest BCUT2D eigenvalue weighted by atomic mass is 19.3. The fraction of sp³-hybridized carbons (Fsp3) is 0.385. The lowest BCUT2D eigenvalue weighted by molar-refractivity contribution is -0.159. The van der Waals surface area contributed by atoms with Crippen molar-refractivity contribution in [3.05, 3.63) is 35.9 Å². The molecule has 0 aromatic heterocycles. The normalized spacial score (nSPS) is 12.8. The molecule has 4 nitrogen and oxygen atoms in total. The summed E-state index contributed by atoms with van der Waals surface area (Å²) in [6, 6.07) is 6.71. The van der Waals surface area contributed by atoms with Gasteiger partial charge in [0, 0.05) is 19.2 Å². The second-order valence-electron chi connectivity index (χ2n) is 4.37. The van der Waals surface area contributed by atoms with Crippen molar-refractivity contribution >= 4 is 11.9 Å². The zero-order chi connectivity index (χ0) is 14.6. The first-order chi connectivity index (χ1) is 8.76. The lowest BCUT2D eigenvalue weighted by Gasteiger charge is -2.24. The number of carboxylic acids is 1. The molecule has 0 heterocycles. The molecule has 1 amide bonds. The zero-order valence-corrected chi connectivity index (χ0v) is 10.6. The highest BCUT2D eigenvalue weighted by Gasteiger charge is 2.43. The molecule has 0 saturated heterocycles. The van der Waals surface area contributed by atoms with Gasteiger partial charge in [-0.3, -0.25) is 9.59 Å². The molecular weight excluding hydrogens is 256 g/mol. The van der Waals surface area contributed by atoms with E-state index in [1.54, 1.807) is 6.07 Å². The van der Waals surface area contributed by atoms with Crippen LogP contribution in [0.5, 0.6) is 0 Å². The summed E-state index contributed by atoms with van der Waals surface area (Å²) in [6.45, 7) is 1.09. The Morgan fingerprint density at radius 3 is 2.32 bits per heavy atom. The van der Waals surface area contributed by atoms with Crippen molar-refractivity contribution in [1.82, 2.24) is 4.90 Å². The monoisotopic (exact) mass is 271 g/mol. The van der Waals surface area contributed by atoms with E-state index in [-0.39, 0.29) is 6.54 Å². The van der Waals surface area contributed by atoms with Crippen molar-refractivity contribution in [3.8, 4) is 0 Å². The maximum absolute atomic E-state index is 13.9. The van der Waals surface area contributed by atoms with Crippen LogP contribution in [-0.2, 0) is 15.5 Å². The minimum absolute atomic E-state index is 0.267. The number of halogens is 2. The molecule has 6 heteroatoms. The summed E-state index contributed by atoms with van der Waals surface area (Å²) in [6.07, 6.45) is 0. The molecule has 1 atom stereocenters. The third-order valence-electron chi connectivity index (χ3n) is 2.72. The fourth-order valence-electron chi connectivity index (χ4n) is 1.58. The van der Waals surface area contributed by atoms with Crippen molar-refractivity contribution in [3.63, 3.8) is 0 Å². The number of hydrogen-bond acceptors (Lipinski definition) is 2. The maximum Gasteiger partial charge on any atom is 0.349 e. The lowest BCUT2D eigenvalue weighted by Crippen LogP contribution is -2.42. The highest BCUT2D eigenvalue weighted by Crippen LogP contribution is 2.29. The Balaban J connectivity index is 2.84. The molecule has 0 spiro atoms. The van der Waals surface area contributed by atoms with Gasteiger partial charge in [-0.1, -0.05) is 37.3 Å². The summed E-state index contributed by atoms with van der Waals surface area (Å²) in [7, 11) is 1.17. The molecule has 1 N–H and O–H groups in total. The molecule has 1 aromatic carbocycles. The molecule has 19 heavy (non-hydrogen) atoms. The second kappa shape index (κ2) is 5.77. The Hall–Kier alpha value is -1.98. The van der Waals surface area contributed by atoms with Crippen molar-refractivity contribution in [2.45, 2.75) is 12.8 Å². The van der Waals surface area contributed by atoms with Gasteiger partial charge in [-0.05, 0) is 0 Å². The largest absolute Gasteiger partial charge is 0.481 e. The number of carbonyl (C=O) groups excluding carboxylic acids is 1. The summed E-state index contributed by atoms with van der Waals surface area (Å²) in [5.41, 5.74) is -0.408. The Morgan fingerprint density at radius 1 is 1.32 bits per heavy atom. The second-order valence-corrected chi connectivity index (χ2v) is 4.37. The summed E-state index contributed by atoms with van der Waals surface area (Å²) in [5, 5.41) is 8.71. The molecule has 1 aromatic rings. The molecule has 0 radical (unpaired) electrons. The number of aliphatic carboxylic acids is 1. The van der Waals surface area contributed by atoms with E-state index in [1.807, 2.05) is 0 Å². The number of carbonyl (C=O) groups is 2. The van der Waals surface area contributed by atoms with E-state index in [9.17, 15) is 18.4 Å². The van der Waals surface area contributed by atoms with Crippen LogP contribution in [0.25, 0.3) is 0 Å². The van der Waals surface area contributed by atoms with Crippen LogP contribution in [0.4, 0.5) is 8.78 Å². The molecule has 0 fully saturated rings. The summed E-state index contributed by atoms with van der Waals surface area (Å²) in [5.74, 6) is -7.11. The first kappa shape index (κ1) is 15.1. The lowest BCUT2D eigenvalue weighted by atomic mass is 10.1. The van der Waals surface area contributed by atoms with Gasteiger partial charge in [0.2, 0.25) is 0 Å². The van der Waals surface area contributed by atoms with Crippen LogP contribution < -0.4 is 0 Å². The molecular formula is C13H15F2NO3. The van der Waals surface area contributed by atoms with Crippen LogP contribution in [0.15, 0.2) is 30.3 Å². The number of alkyl halides is 2. The Labute approximate surface area is 109 Å². The predicted molar refractivity (Wildman–Crippen MR) is 64.8 cm³/mol. The van der Waals surface area contributed by atoms with Crippen molar-refractivity contribution in [2.24, 2.45) is 5.92 Å². The van der Waals surface area contributed by atoms with Gasteiger partial charge in [0.1, 0.15) is 0 Å². The molecule has 1 unspecified atom stereocenters. The number of likely N-dealkylation sites (N-methyl/N-ethyl adjacent to an activating group) is 1. The van der Waals surface area contributed by atoms with Crippen LogP contribution in [-0.4, -0.2) is 35.5 Å². The number of nitrogens with zero attached hydrogens (tertiary/aromatic N) is 1. The summed E-state index contributed by atoms with van der Waals surface area (Å²) < 4.78 is 27.8. The fourth-order valence-corrected chi connectivity index (χ4v) is 1.58. The van der Waals surface area contributed by atoms with E-state index in [0.717, 1.165) is 17.0 Å². The van der Waals surface area contributed by atoms with Gasteiger partial charge in [0.25, 0.3) is 5.91 Å². The van der Waals surface area contributed by atoms with Gasteiger partial charge in [0.05, 0.1) is 5.92 Å². The average Bonchev–Trinajstić information content (AvgIpc) is 2.38. The third kappa shape index (κ3) is 3.49. The number of hydrogen-bond donors (Lipinski definition) is 1. The van der Waals surface area contributed by atoms with Gasteiger partial charge in [0.15, 0.2) is 0 Å². The van der Waals surface area contributed by atoms with Gasteiger partial charge < -0.3 is 10.0 Å². The van der Waals surface area contributed by atoms with E-state index in [1.165, 1.54) is 26.1 Å². The van der Waals surface area contributed by atoms with Crippen LogP contribution in [0.1, 0.15) is 12.5 Å². The van der Waals surface area contributed by atoms with Crippen LogP contribution >= 0.6 is 0 Å². The molecule has 0 aliphatic heterocycles. The molecule has 0 bridgehead atoms. The van der Waals surface area contributed by atoms with Gasteiger partial charge in [-0.25, -0.2) is 0 Å². The standard InChI is InChI=1S/C13H15F2NO3/c1-9(11(17)18)8-16(2)12(19)13(14,15)10-6-4-3-5-7-10/h3-7,9H,8H2,1-2H3,(H,17,18). The zero-order valence-electron chi connectivity index (χ0n) is 10.6. The Morgan fingerprint density at radius 2 is 1.84 bits per heavy atom. The van der Waals surface area contributed by atoms with Gasteiger partial charge in [-0.2, -0.15) is 8.78 Å². The summed E-state index contributed by atoms with van der Waals surface area (Å²) in [4.78, 5) is 23.1. The minimum Gasteiger partial charge on any atom is -0.481 e. The highest BCUT2D eigenvalue weighted by molar-refractivity contribution is 5.85. The van der Waals surface area contributed by atoms with Gasteiger partial charge >= 0.3 is 11.9 Å². The third-order valence-corrected chi connectivity index (χ3v) is 2.72. The molecule has 1 rings (SSSR count). The molecule has 0 aliphatic carbocycles.